The van der Waals surface area contributed by atoms with Crippen LogP contribution in [0.25, 0.3) is 5.69 Å². The zero-order valence-corrected chi connectivity index (χ0v) is 10.8. The molecule has 86 valence electrons. The first-order valence-corrected chi connectivity index (χ1v) is 5.72. The Morgan fingerprint density at radius 3 is 2.53 bits per heavy atom. The molecule has 0 unspecified atom stereocenters. The van der Waals surface area contributed by atoms with Gasteiger partial charge in [-0.05, 0) is 31.5 Å². The Balaban J connectivity index is 2.62. The van der Waals surface area contributed by atoms with E-state index in [4.69, 9.17) is 28.5 Å². The van der Waals surface area contributed by atoms with Crippen LogP contribution in [-0.4, -0.2) is 9.78 Å². The van der Waals surface area contributed by atoms with Crippen LogP contribution in [0.1, 0.15) is 16.8 Å². The predicted molar refractivity (Wildman–Crippen MR) is 67.8 cm³/mol. The van der Waals surface area contributed by atoms with Crippen molar-refractivity contribution < 1.29 is 0 Å². The smallest absolute Gasteiger partial charge is 0.150 e. The van der Waals surface area contributed by atoms with Gasteiger partial charge in [0.05, 0.1) is 11.4 Å². The average molecular weight is 266 g/mol. The maximum atomic E-state index is 8.94. The lowest BCUT2D eigenvalue weighted by atomic mass is 10.2. The summed E-state index contributed by atoms with van der Waals surface area (Å²) in [6, 6.07) is 7.55. The van der Waals surface area contributed by atoms with E-state index < -0.39 is 0 Å². The number of nitrogens with zero attached hydrogens (tertiary/aromatic N) is 3. The Morgan fingerprint density at radius 1 is 1.29 bits per heavy atom. The lowest BCUT2D eigenvalue weighted by molar-refractivity contribution is 0.863. The first-order chi connectivity index (χ1) is 8.04. The minimum Gasteiger partial charge on any atom is -0.220 e. The van der Waals surface area contributed by atoms with Crippen molar-refractivity contribution in [3.05, 3.63) is 45.2 Å². The highest BCUT2D eigenvalue weighted by molar-refractivity contribution is 6.32. The highest BCUT2D eigenvalue weighted by atomic mass is 35.5. The number of hydrogen-bond donors (Lipinski definition) is 0. The minimum atomic E-state index is 0.310. The molecule has 1 heterocycles. The van der Waals surface area contributed by atoms with Crippen LogP contribution in [0.4, 0.5) is 0 Å². The SMILES string of the molecule is Cc1ccc(-n2nc(C)c(C#N)c2Cl)cc1Cl. The molecule has 2 aromatic rings. The van der Waals surface area contributed by atoms with Crippen LogP contribution in [0.3, 0.4) is 0 Å². The van der Waals surface area contributed by atoms with Gasteiger partial charge >= 0.3 is 0 Å². The number of benzene rings is 1. The van der Waals surface area contributed by atoms with Crippen molar-refractivity contribution in [2.45, 2.75) is 13.8 Å². The van der Waals surface area contributed by atoms with Gasteiger partial charge in [0.1, 0.15) is 11.6 Å². The largest absolute Gasteiger partial charge is 0.220 e. The quantitative estimate of drug-likeness (QED) is 0.790. The molecule has 3 nitrogen and oxygen atoms in total. The van der Waals surface area contributed by atoms with E-state index in [1.54, 1.807) is 13.0 Å². The molecular weight excluding hydrogens is 257 g/mol. The van der Waals surface area contributed by atoms with Crippen molar-refractivity contribution in [3.63, 3.8) is 0 Å². The Labute approximate surface area is 109 Å². The second-order valence-electron chi connectivity index (χ2n) is 3.71. The molecule has 0 N–H and O–H groups in total. The van der Waals surface area contributed by atoms with E-state index in [9.17, 15) is 0 Å². The standard InChI is InChI=1S/C12H9Cl2N3/c1-7-3-4-9(5-11(7)13)17-12(14)10(6-15)8(2)16-17/h3-5H,1-2H3. The van der Waals surface area contributed by atoms with Crippen LogP contribution in [0, 0.1) is 25.2 Å². The first kappa shape index (κ1) is 12.0. The summed E-state index contributed by atoms with van der Waals surface area (Å²) in [4.78, 5) is 0. The fraction of sp³-hybridized carbons (Fsp3) is 0.167. The first-order valence-electron chi connectivity index (χ1n) is 4.96. The molecule has 5 heteroatoms. The van der Waals surface area contributed by atoms with E-state index in [0.29, 0.717) is 21.4 Å². The highest BCUT2D eigenvalue weighted by Gasteiger charge is 2.14. The van der Waals surface area contributed by atoms with E-state index in [1.807, 2.05) is 25.1 Å². The summed E-state index contributed by atoms with van der Waals surface area (Å²) in [7, 11) is 0. The normalized spacial score (nSPS) is 10.3. The van der Waals surface area contributed by atoms with Gasteiger partial charge in [0, 0.05) is 5.02 Å². The molecule has 1 aromatic carbocycles. The lowest BCUT2D eigenvalue weighted by Crippen LogP contribution is -1.97. The van der Waals surface area contributed by atoms with Crippen molar-refractivity contribution in [1.29, 1.82) is 5.26 Å². The molecule has 0 atom stereocenters. The van der Waals surface area contributed by atoms with Gasteiger partial charge in [0.25, 0.3) is 0 Å². The number of halogens is 2. The molecule has 17 heavy (non-hydrogen) atoms. The van der Waals surface area contributed by atoms with Crippen LogP contribution < -0.4 is 0 Å². The zero-order chi connectivity index (χ0) is 12.6. The predicted octanol–water partition coefficient (Wildman–Crippen LogP) is 3.67. The van der Waals surface area contributed by atoms with E-state index in [1.165, 1.54) is 4.68 Å². The molecule has 1 aromatic heterocycles. The van der Waals surface area contributed by atoms with Crippen LogP contribution in [0.5, 0.6) is 0 Å². The number of nitriles is 1. The molecule has 0 saturated heterocycles. The van der Waals surface area contributed by atoms with Crippen LogP contribution in [0.2, 0.25) is 10.2 Å². The van der Waals surface area contributed by atoms with Crippen molar-refractivity contribution in [1.82, 2.24) is 9.78 Å². The number of aromatic nitrogens is 2. The van der Waals surface area contributed by atoms with Crippen molar-refractivity contribution in [2.75, 3.05) is 0 Å². The summed E-state index contributed by atoms with van der Waals surface area (Å²) < 4.78 is 1.51. The van der Waals surface area contributed by atoms with E-state index >= 15 is 0 Å². The van der Waals surface area contributed by atoms with Crippen LogP contribution in [0.15, 0.2) is 18.2 Å². The summed E-state index contributed by atoms with van der Waals surface area (Å²) >= 11 is 12.1. The summed E-state index contributed by atoms with van der Waals surface area (Å²) in [6.07, 6.45) is 0. The number of hydrogen-bond acceptors (Lipinski definition) is 2. The topological polar surface area (TPSA) is 41.6 Å². The number of rotatable bonds is 1. The maximum absolute atomic E-state index is 8.94. The van der Waals surface area contributed by atoms with E-state index in [2.05, 4.69) is 5.10 Å². The van der Waals surface area contributed by atoms with Crippen molar-refractivity contribution in [2.24, 2.45) is 0 Å². The molecular formula is C12H9Cl2N3. The second kappa shape index (κ2) is 4.40. The van der Waals surface area contributed by atoms with Gasteiger partial charge < -0.3 is 0 Å². The van der Waals surface area contributed by atoms with E-state index in [-0.39, 0.29) is 0 Å². The molecule has 0 saturated carbocycles. The third-order valence-electron chi connectivity index (χ3n) is 2.52. The average Bonchev–Trinajstić information content (AvgIpc) is 2.58. The molecule has 0 aliphatic heterocycles. The minimum absolute atomic E-state index is 0.310. The lowest BCUT2D eigenvalue weighted by Gasteiger charge is -2.05. The molecule has 0 amide bonds. The summed E-state index contributed by atoms with van der Waals surface area (Å²) in [5, 5.41) is 14.1. The zero-order valence-electron chi connectivity index (χ0n) is 9.33. The highest BCUT2D eigenvalue weighted by Crippen LogP contribution is 2.25. The molecule has 0 fully saturated rings. The van der Waals surface area contributed by atoms with Gasteiger partial charge in [-0.25, -0.2) is 4.68 Å². The summed E-state index contributed by atoms with van der Waals surface area (Å²) in [6.45, 7) is 3.67. The van der Waals surface area contributed by atoms with Gasteiger partial charge in [0.15, 0.2) is 5.15 Å². The molecule has 0 aliphatic carbocycles. The summed E-state index contributed by atoms with van der Waals surface area (Å²) in [5.74, 6) is 0. The van der Waals surface area contributed by atoms with Crippen molar-refractivity contribution >= 4 is 23.2 Å². The van der Waals surface area contributed by atoms with Gasteiger partial charge in [-0.15, -0.1) is 0 Å². The van der Waals surface area contributed by atoms with Gasteiger partial charge in [-0.2, -0.15) is 10.4 Å². The monoisotopic (exact) mass is 265 g/mol. The van der Waals surface area contributed by atoms with Gasteiger partial charge in [-0.3, -0.25) is 0 Å². The molecule has 2 rings (SSSR count). The fourth-order valence-electron chi connectivity index (χ4n) is 1.51. The van der Waals surface area contributed by atoms with Gasteiger partial charge in [0.2, 0.25) is 0 Å². The fourth-order valence-corrected chi connectivity index (χ4v) is 2.00. The van der Waals surface area contributed by atoms with Crippen LogP contribution in [-0.2, 0) is 0 Å². The third kappa shape index (κ3) is 2.02. The maximum Gasteiger partial charge on any atom is 0.150 e. The molecule has 0 aliphatic rings. The Bertz CT molecular complexity index is 623. The van der Waals surface area contributed by atoms with Crippen LogP contribution >= 0.6 is 23.2 Å². The Kier molecular flexibility index (Phi) is 3.10. The Hall–Kier alpha value is -1.50. The van der Waals surface area contributed by atoms with E-state index in [0.717, 1.165) is 11.3 Å². The summed E-state index contributed by atoms with van der Waals surface area (Å²) in [5.41, 5.74) is 2.73. The Morgan fingerprint density at radius 2 is 2.00 bits per heavy atom. The molecule has 0 spiro atoms. The molecule has 0 bridgehead atoms. The number of aryl methyl sites for hydroxylation is 2. The third-order valence-corrected chi connectivity index (χ3v) is 3.27. The van der Waals surface area contributed by atoms with Crippen molar-refractivity contribution in [3.8, 4) is 11.8 Å². The second-order valence-corrected chi connectivity index (χ2v) is 4.47. The molecule has 0 radical (unpaired) electrons. The van der Waals surface area contributed by atoms with Gasteiger partial charge in [-0.1, -0.05) is 29.3 Å².